The van der Waals surface area contributed by atoms with Crippen molar-refractivity contribution in [3.05, 3.63) is 83.4 Å². The molecule has 0 saturated carbocycles. The molecule has 0 bridgehead atoms. The molecule has 1 heterocycles. The molecule has 0 radical (unpaired) electrons. The zero-order valence-corrected chi connectivity index (χ0v) is 21.9. The Morgan fingerprint density at radius 3 is 2.56 bits per heavy atom. The van der Waals surface area contributed by atoms with E-state index in [1.54, 1.807) is 25.3 Å². The summed E-state index contributed by atoms with van der Waals surface area (Å²) >= 11 is 0. The molecule has 3 aromatic rings. The standard InChI is InChI=1S/C28H26F3NO6S/c1-18(23-8-3-4-9-25(23)37-2)14-19-10-12-26-24(15-19)32(17-21(38-26)11-13-27(33)34)39(35,36)22-7-5-6-20(16-22)28(29,30)31/h3-10,12,14-16,21H,11,13,17H2,1-2H3,(H,33,34). The number of carbonyl (C=O) groups is 1. The number of rotatable bonds is 8. The van der Waals surface area contributed by atoms with Gasteiger partial charge in [-0.2, -0.15) is 13.2 Å². The highest BCUT2D eigenvalue weighted by Gasteiger charge is 2.37. The van der Waals surface area contributed by atoms with E-state index in [1.165, 1.54) is 0 Å². The number of ether oxygens (including phenoxy) is 2. The van der Waals surface area contributed by atoms with Gasteiger partial charge in [0, 0.05) is 12.0 Å². The number of halogens is 3. The van der Waals surface area contributed by atoms with Crippen molar-refractivity contribution in [2.45, 2.75) is 36.9 Å². The normalized spacial score (nSPS) is 15.9. The first-order valence-electron chi connectivity index (χ1n) is 11.9. The monoisotopic (exact) mass is 561 g/mol. The van der Waals surface area contributed by atoms with E-state index in [2.05, 4.69) is 0 Å². The smallest absolute Gasteiger partial charge is 0.416 e. The molecule has 0 saturated heterocycles. The van der Waals surface area contributed by atoms with Crippen LogP contribution in [0.5, 0.6) is 11.5 Å². The summed E-state index contributed by atoms with van der Waals surface area (Å²) < 4.78 is 79.8. The van der Waals surface area contributed by atoms with Gasteiger partial charge in [0.1, 0.15) is 17.6 Å². The number of carboxylic acid groups (broad SMARTS) is 1. The number of hydrogen-bond acceptors (Lipinski definition) is 5. The Morgan fingerprint density at radius 2 is 1.87 bits per heavy atom. The Labute approximate surface area is 224 Å². The van der Waals surface area contributed by atoms with Crippen molar-refractivity contribution < 1.29 is 41.0 Å². The number of sulfonamides is 1. The molecule has 0 spiro atoms. The van der Waals surface area contributed by atoms with Crippen molar-refractivity contribution in [1.82, 2.24) is 0 Å². The predicted molar refractivity (Wildman–Crippen MR) is 140 cm³/mol. The van der Waals surface area contributed by atoms with E-state index < -0.39 is 38.7 Å². The third-order valence-electron chi connectivity index (χ3n) is 6.26. The van der Waals surface area contributed by atoms with E-state index >= 15 is 0 Å². The summed E-state index contributed by atoms with van der Waals surface area (Å²) in [6, 6.07) is 15.8. The molecule has 0 amide bonds. The maximum Gasteiger partial charge on any atom is 0.416 e. The van der Waals surface area contributed by atoms with Gasteiger partial charge in [0.25, 0.3) is 10.0 Å². The van der Waals surface area contributed by atoms with E-state index in [0.29, 0.717) is 17.4 Å². The summed E-state index contributed by atoms with van der Waals surface area (Å²) in [7, 11) is -2.92. The van der Waals surface area contributed by atoms with Crippen molar-refractivity contribution in [3.63, 3.8) is 0 Å². The summed E-state index contributed by atoms with van der Waals surface area (Å²) in [5.41, 5.74) is 1.32. The van der Waals surface area contributed by atoms with Crippen LogP contribution in [0.25, 0.3) is 11.6 Å². The second kappa shape index (κ2) is 11.0. The lowest BCUT2D eigenvalue weighted by atomic mass is 10.0. The number of allylic oxidation sites excluding steroid dienone is 1. The summed E-state index contributed by atoms with van der Waals surface area (Å²) in [4.78, 5) is 10.6. The lowest BCUT2D eigenvalue weighted by Crippen LogP contribution is -2.43. The van der Waals surface area contributed by atoms with Gasteiger partial charge in [0.2, 0.25) is 0 Å². The first kappa shape index (κ1) is 28.0. The highest BCUT2D eigenvalue weighted by atomic mass is 32.2. The summed E-state index contributed by atoms with van der Waals surface area (Å²) in [5, 5.41) is 9.09. The van der Waals surface area contributed by atoms with Crippen LogP contribution in [-0.2, 0) is 21.0 Å². The summed E-state index contributed by atoms with van der Waals surface area (Å²) in [6.45, 7) is 1.60. The second-order valence-electron chi connectivity index (χ2n) is 8.99. The van der Waals surface area contributed by atoms with Crippen LogP contribution in [-0.4, -0.2) is 39.3 Å². The van der Waals surface area contributed by atoms with Crippen LogP contribution in [0.3, 0.4) is 0 Å². The summed E-state index contributed by atoms with van der Waals surface area (Å²) in [5.74, 6) is -0.245. The summed E-state index contributed by atoms with van der Waals surface area (Å²) in [6.07, 6.45) is -3.98. The SMILES string of the molecule is COc1ccccc1C(C)=Cc1ccc2c(c1)N(S(=O)(=O)c1cccc(C(F)(F)F)c1)CC(CCC(=O)O)O2. The Kier molecular flexibility index (Phi) is 7.91. The highest BCUT2D eigenvalue weighted by Crippen LogP contribution is 2.40. The van der Waals surface area contributed by atoms with Crippen LogP contribution in [0, 0.1) is 0 Å². The van der Waals surface area contributed by atoms with Crippen LogP contribution >= 0.6 is 0 Å². The maximum atomic E-state index is 13.7. The van der Waals surface area contributed by atoms with Gasteiger partial charge in [0.15, 0.2) is 0 Å². The maximum absolute atomic E-state index is 13.7. The number of para-hydroxylation sites is 1. The Bertz CT molecular complexity index is 1520. The van der Waals surface area contributed by atoms with E-state index in [0.717, 1.165) is 33.6 Å². The second-order valence-corrected chi connectivity index (χ2v) is 10.9. The number of alkyl halides is 3. The largest absolute Gasteiger partial charge is 0.496 e. The number of aliphatic carboxylic acids is 1. The minimum Gasteiger partial charge on any atom is -0.496 e. The molecule has 0 aromatic heterocycles. The van der Waals surface area contributed by atoms with Gasteiger partial charge in [-0.1, -0.05) is 36.4 Å². The van der Waals surface area contributed by atoms with E-state index in [9.17, 15) is 26.4 Å². The number of anilines is 1. The van der Waals surface area contributed by atoms with Crippen molar-refractivity contribution in [1.29, 1.82) is 0 Å². The molecule has 1 unspecified atom stereocenters. The minimum atomic E-state index is -4.73. The van der Waals surface area contributed by atoms with Gasteiger partial charge >= 0.3 is 12.1 Å². The van der Waals surface area contributed by atoms with E-state index in [1.807, 2.05) is 37.3 Å². The van der Waals surface area contributed by atoms with Gasteiger partial charge < -0.3 is 14.6 Å². The van der Waals surface area contributed by atoms with Crippen molar-refractivity contribution >= 4 is 33.3 Å². The predicted octanol–water partition coefficient (Wildman–Crippen LogP) is 6.10. The molecule has 1 aliphatic rings. The third-order valence-corrected chi connectivity index (χ3v) is 8.04. The Hall–Kier alpha value is -3.99. The average molecular weight is 562 g/mol. The van der Waals surface area contributed by atoms with Crippen LogP contribution in [0.1, 0.15) is 36.5 Å². The lowest BCUT2D eigenvalue weighted by molar-refractivity contribution is -0.138. The fourth-order valence-corrected chi connectivity index (χ4v) is 5.88. The number of carboxylic acids is 1. The molecular formula is C28H26F3NO6S. The van der Waals surface area contributed by atoms with Gasteiger partial charge in [-0.15, -0.1) is 0 Å². The molecular weight excluding hydrogens is 535 g/mol. The van der Waals surface area contributed by atoms with E-state index in [-0.39, 0.29) is 30.8 Å². The molecule has 1 aliphatic heterocycles. The molecule has 206 valence electrons. The van der Waals surface area contributed by atoms with Crippen LogP contribution < -0.4 is 13.8 Å². The number of methoxy groups -OCH3 is 1. The Morgan fingerprint density at radius 1 is 1.13 bits per heavy atom. The Balaban J connectivity index is 1.79. The topological polar surface area (TPSA) is 93.1 Å². The van der Waals surface area contributed by atoms with Crippen LogP contribution in [0.4, 0.5) is 18.9 Å². The van der Waals surface area contributed by atoms with Crippen molar-refractivity contribution in [3.8, 4) is 11.5 Å². The first-order valence-corrected chi connectivity index (χ1v) is 13.4. The third kappa shape index (κ3) is 6.19. The minimum absolute atomic E-state index is 0.0119. The van der Waals surface area contributed by atoms with Crippen molar-refractivity contribution in [2.75, 3.05) is 18.0 Å². The highest BCUT2D eigenvalue weighted by molar-refractivity contribution is 7.92. The molecule has 39 heavy (non-hydrogen) atoms. The molecule has 4 rings (SSSR count). The van der Waals surface area contributed by atoms with Gasteiger partial charge in [-0.25, -0.2) is 8.42 Å². The lowest BCUT2D eigenvalue weighted by Gasteiger charge is -2.35. The number of fused-ring (bicyclic) bond motifs is 1. The fourth-order valence-electron chi connectivity index (χ4n) is 4.34. The molecule has 7 nitrogen and oxygen atoms in total. The molecule has 1 N–H and O–H groups in total. The van der Waals surface area contributed by atoms with Crippen molar-refractivity contribution in [2.24, 2.45) is 0 Å². The molecule has 3 aromatic carbocycles. The number of hydrogen-bond donors (Lipinski definition) is 1. The van der Waals surface area contributed by atoms with Gasteiger partial charge in [0.05, 0.1) is 29.8 Å². The van der Waals surface area contributed by atoms with Crippen LogP contribution in [0.2, 0.25) is 0 Å². The molecule has 11 heteroatoms. The number of benzene rings is 3. The van der Waals surface area contributed by atoms with E-state index in [4.69, 9.17) is 14.6 Å². The zero-order chi connectivity index (χ0) is 28.4. The van der Waals surface area contributed by atoms with Crippen LogP contribution in [0.15, 0.2) is 71.6 Å². The average Bonchev–Trinajstić information content (AvgIpc) is 2.91. The molecule has 0 fully saturated rings. The number of nitrogens with zero attached hydrogens (tertiary/aromatic N) is 1. The zero-order valence-electron chi connectivity index (χ0n) is 21.1. The first-order chi connectivity index (χ1) is 18.4. The van der Waals surface area contributed by atoms with Gasteiger partial charge in [-0.3, -0.25) is 9.10 Å². The molecule has 1 atom stereocenters. The molecule has 0 aliphatic carbocycles. The fraction of sp³-hybridized carbons (Fsp3) is 0.250. The quantitative estimate of drug-likeness (QED) is 0.335. The van der Waals surface area contributed by atoms with Gasteiger partial charge in [-0.05, 0) is 60.9 Å².